The summed E-state index contributed by atoms with van der Waals surface area (Å²) < 4.78 is 0. The maximum atomic E-state index is 12.7. The van der Waals surface area contributed by atoms with Gasteiger partial charge in [0.15, 0.2) is 0 Å². The van der Waals surface area contributed by atoms with Gasteiger partial charge in [-0.05, 0) is 35.6 Å². The fraction of sp³-hybridized carbons (Fsp3) is 0.478. The lowest BCUT2D eigenvalue weighted by Crippen LogP contribution is -2.43. The highest BCUT2D eigenvalue weighted by Gasteiger charge is 2.30. The monoisotopic (exact) mass is 394 g/mol. The first-order valence-electron chi connectivity index (χ1n) is 10.6. The number of aliphatic hydroxyl groups excluding tert-OH is 1. The maximum absolute atomic E-state index is 12.7. The maximum Gasteiger partial charge on any atom is 0.320 e. The van der Waals surface area contributed by atoms with Crippen LogP contribution < -0.4 is 0 Å². The lowest BCUT2D eigenvalue weighted by Gasteiger charge is -2.31. The highest BCUT2D eigenvalue weighted by atomic mass is 16.3. The van der Waals surface area contributed by atoms with Crippen molar-refractivity contribution in [2.45, 2.75) is 39.0 Å². The molecule has 0 bridgehead atoms. The Balaban J connectivity index is 1.27. The molecule has 1 N–H and O–H groups in total. The van der Waals surface area contributed by atoms with Crippen molar-refractivity contribution in [2.75, 3.05) is 32.7 Å². The van der Waals surface area contributed by atoms with Crippen molar-refractivity contribution in [1.29, 1.82) is 0 Å². The topological polar surface area (TPSA) is 59.9 Å². The molecule has 2 amide bonds. The zero-order valence-electron chi connectivity index (χ0n) is 17.1. The summed E-state index contributed by atoms with van der Waals surface area (Å²) in [7, 11) is 0. The Bertz CT molecular complexity index is 839. The predicted molar refractivity (Wildman–Crippen MR) is 112 cm³/mol. The second-order valence-corrected chi connectivity index (χ2v) is 8.07. The minimum Gasteiger partial charge on any atom is -0.390 e. The van der Waals surface area contributed by atoms with Crippen molar-refractivity contribution in [1.82, 2.24) is 19.7 Å². The quantitative estimate of drug-likeness (QED) is 0.783. The number of carbonyl (C=O) groups is 1. The second kappa shape index (κ2) is 8.93. The van der Waals surface area contributed by atoms with E-state index in [-0.39, 0.29) is 6.03 Å². The number of rotatable bonds is 7. The molecule has 1 fully saturated rings. The number of nitrogens with zero attached hydrogens (tertiary/aromatic N) is 4. The van der Waals surface area contributed by atoms with Crippen molar-refractivity contribution in [2.24, 2.45) is 0 Å². The molecule has 1 aromatic heterocycles. The van der Waals surface area contributed by atoms with Crippen molar-refractivity contribution in [3.8, 4) is 0 Å². The van der Waals surface area contributed by atoms with E-state index in [0.717, 1.165) is 37.2 Å². The van der Waals surface area contributed by atoms with Crippen LogP contribution in [0.3, 0.4) is 0 Å². The van der Waals surface area contributed by atoms with Gasteiger partial charge in [0.1, 0.15) is 0 Å². The van der Waals surface area contributed by atoms with Crippen LogP contribution in [-0.2, 0) is 25.9 Å². The fourth-order valence-corrected chi connectivity index (χ4v) is 4.25. The largest absolute Gasteiger partial charge is 0.390 e. The number of benzene rings is 1. The molecular formula is C23H30N4O2. The van der Waals surface area contributed by atoms with Gasteiger partial charge in [0.05, 0.1) is 6.10 Å². The minimum atomic E-state index is -0.533. The van der Waals surface area contributed by atoms with E-state index in [4.69, 9.17) is 0 Å². The molecule has 29 heavy (non-hydrogen) atoms. The predicted octanol–water partition coefficient (Wildman–Crippen LogP) is 2.30. The highest BCUT2D eigenvalue weighted by molar-refractivity contribution is 5.76. The first-order chi connectivity index (χ1) is 14.1. The van der Waals surface area contributed by atoms with Crippen LogP contribution in [0.4, 0.5) is 4.79 Å². The molecule has 6 heteroatoms. The fourth-order valence-electron chi connectivity index (χ4n) is 4.25. The molecule has 1 unspecified atom stereocenters. The number of fused-ring (bicyclic) bond motifs is 1. The van der Waals surface area contributed by atoms with Crippen LogP contribution in [0.1, 0.15) is 29.3 Å². The molecule has 0 aliphatic carbocycles. The standard InChI is InChI=1S/C23H30N4O2/c1-2-21-8-7-18(13-24-21)14-26-11-12-27(23(26)29)17-22(28)16-25-10-9-19-5-3-4-6-20(19)15-25/h3-8,13,22,28H,2,9-12,14-17H2,1H3. The zero-order chi connectivity index (χ0) is 20.2. The third-order valence-corrected chi connectivity index (χ3v) is 5.91. The number of aryl methyl sites for hydroxylation is 1. The smallest absolute Gasteiger partial charge is 0.320 e. The van der Waals surface area contributed by atoms with Crippen LogP contribution in [0, 0.1) is 0 Å². The van der Waals surface area contributed by atoms with Crippen molar-refractivity contribution >= 4 is 6.03 Å². The third kappa shape index (κ3) is 4.77. The van der Waals surface area contributed by atoms with Gasteiger partial charge in [-0.2, -0.15) is 0 Å². The average Bonchev–Trinajstić information content (AvgIpc) is 3.07. The molecule has 4 rings (SSSR count). The summed E-state index contributed by atoms with van der Waals surface area (Å²) in [5.41, 5.74) is 4.86. The molecule has 0 radical (unpaired) electrons. The molecule has 3 heterocycles. The van der Waals surface area contributed by atoms with E-state index in [1.54, 1.807) is 4.90 Å². The van der Waals surface area contributed by atoms with Crippen molar-refractivity contribution in [3.05, 3.63) is 65.0 Å². The van der Waals surface area contributed by atoms with Crippen LogP contribution in [0.5, 0.6) is 0 Å². The van der Waals surface area contributed by atoms with Gasteiger partial charge in [0.25, 0.3) is 0 Å². The number of pyridine rings is 1. The number of hydrogen-bond acceptors (Lipinski definition) is 4. The summed E-state index contributed by atoms with van der Waals surface area (Å²) >= 11 is 0. The Morgan fingerprint density at radius 3 is 2.59 bits per heavy atom. The molecule has 0 saturated carbocycles. The van der Waals surface area contributed by atoms with E-state index >= 15 is 0 Å². The van der Waals surface area contributed by atoms with Gasteiger partial charge in [-0.3, -0.25) is 9.88 Å². The van der Waals surface area contributed by atoms with Crippen LogP contribution in [0.15, 0.2) is 42.6 Å². The normalized spacial score (nSPS) is 18.2. The molecule has 2 aliphatic heterocycles. The molecule has 2 aromatic rings. The van der Waals surface area contributed by atoms with Gasteiger partial charge in [0, 0.05) is 57.7 Å². The van der Waals surface area contributed by atoms with E-state index in [9.17, 15) is 9.90 Å². The molecule has 1 atom stereocenters. The Kier molecular flexibility index (Phi) is 6.11. The molecule has 154 valence electrons. The summed E-state index contributed by atoms with van der Waals surface area (Å²) in [6, 6.07) is 12.6. The molecule has 2 aliphatic rings. The van der Waals surface area contributed by atoms with Crippen LogP contribution >= 0.6 is 0 Å². The van der Waals surface area contributed by atoms with E-state index in [0.29, 0.717) is 32.7 Å². The van der Waals surface area contributed by atoms with E-state index in [1.165, 1.54) is 11.1 Å². The lowest BCUT2D eigenvalue weighted by molar-refractivity contribution is 0.0812. The molecule has 1 aromatic carbocycles. The van der Waals surface area contributed by atoms with Crippen molar-refractivity contribution in [3.63, 3.8) is 0 Å². The van der Waals surface area contributed by atoms with Crippen LogP contribution in [0.25, 0.3) is 0 Å². The number of urea groups is 1. The minimum absolute atomic E-state index is 0.00704. The number of aliphatic hydroxyl groups is 1. The summed E-state index contributed by atoms with van der Waals surface area (Å²) in [6.45, 7) is 6.82. The van der Waals surface area contributed by atoms with Gasteiger partial charge in [-0.25, -0.2) is 4.79 Å². The number of β-amino-alcohol motifs (C(OH)–C–C–N with tert-alkyl or cyclic N) is 1. The van der Waals surface area contributed by atoms with Gasteiger partial charge >= 0.3 is 6.03 Å². The van der Waals surface area contributed by atoms with Gasteiger partial charge in [0.2, 0.25) is 0 Å². The van der Waals surface area contributed by atoms with E-state index in [2.05, 4.69) is 41.1 Å². The highest BCUT2D eigenvalue weighted by Crippen LogP contribution is 2.19. The first-order valence-corrected chi connectivity index (χ1v) is 10.6. The van der Waals surface area contributed by atoms with Crippen LogP contribution in [0.2, 0.25) is 0 Å². The van der Waals surface area contributed by atoms with Gasteiger partial charge in [-0.15, -0.1) is 0 Å². The molecule has 6 nitrogen and oxygen atoms in total. The van der Waals surface area contributed by atoms with Crippen LogP contribution in [-0.4, -0.2) is 69.6 Å². The Morgan fingerprint density at radius 1 is 1.03 bits per heavy atom. The summed E-state index contributed by atoms with van der Waals surface area (Å²) in [5.74, 6) is 0. The van der Waals surface area contributed by atoms with Gasteiger partial charge < -0.3 is 14.9 Å². The number of aromatic nitrogens is 1. The summed E-state index contributed by atoms with van der Waals surface area (Å²) in [6.07, 6.45) is 3.26. The number of carbonyl (C=O) groups excluding carboxylic acids is 1. The van der Waals surface area contributed by atoms with Gasteiger partial charge in [-0.1, -0.05) is 37.3 Å². The molecule has 1 saturated heterocycles. The third-order valence-electron chi connectivity index (χ3n) is 5.91. The molecule has 0 spiro atoms. The number of amides is 2. The Morgan fingerprint density at radius 2 is 1.83 bits per heavy atom. The first kappa shape index (κ1) is 19.9. The summed E-state index contributed by atoms with van der Waals surface area (Å²) in [4.78, 5) is 23.0. The zero-order valence-corrected chi connectivity index (χ0v) is 17.1. The number of hydrogen-bond donors (Lipinski definition) is 1. The average molecular weight is 395 g/mol. The second-order valence-electron chi connectivity index (χ2n) is 8.07. The lowest BCUT2D eigenvalue weighted by atomic mass is 10.00. The Hall–Kier alpha value is -2.44. The van der Waals surface area contributed by atoms with Crippen molar-refractivity contribution < 1.29 is 9.90 Å². The molecular weight excluding hydrogens is 364 g/mol. The van der Waals surface area contributed by atoms with E-state index < -0.39 is 6.10 Å². The SMILES string of the molecule is CCc1ccc(CN2CCN(CC(O)CN3CCc4ccccc4C3)C2=O)cn1. The summed E-state index contributed by atoms with van der Waals surface area (Å²) in [5, 5.41) is 10.6. The Labute approximate surface area is 172 Å². The van der Waals surface area contributed by atoms with E-state index in [1.807, 2.05) is 23.2 Å².